The Morgan fingerprint density at radius 2 is 2.31 bits per heavy atom. The molecular formula is C9H13BrN2S. The highest BCUT2D eigenvalue weighted by atomic mass is 79.9. The first-order chi connectivity index (χ1) is 6.34. The summed E-state index contributed by atoms with van der Waals surface area (Å²) in [7, 11) is 0. The number of rotatable bonds is 2. The molecule has 0 unspecified atom stereocenters. The van der Waals surface area contributed by atoms with Crippen LogP contribution in [0.5, 0.6) is 0 Å². The van der Waals surface area contributed by atoms with Gasteiger partial charge < -0.3 is 0 Å². The lowest BCUT2D eigenvalue weighted by Crippen LogP contribution is -2.33. The van der Waals surface area contributed by atoms with Crippen LogP contribution >= 0.6 is 27.3 Å². The van der Waals surface area contributed by atoms with Crippen LogP contribution in [0.1, 0.15) is 17.8 Å². The second-order valence-electron chi connectivity index (χ2n) is 3.38. The van der Waals surface area contributed by atoms with Gasteiger partial charge in [0, 0.05) is 16.4 Å². The summed E-state index contributed by atoms with van der Waals surface area (Å²) in [6, 6.07) is 0. The molecule has 2 heterocycles. The average molecular weight is 261 g/mol. The van der Waals surface area contributed by atoms with Crippen molar-refractivity contribution in [3.05, 3.63) is 16.6 Å². The zero-order valence-electron chi connectivity index (χ0n) is 7.45. The van der Waals surface area contributed by atoms with Gasteiger partial charge in [0.2, 0.25) is 0 Å². The van der Waals surface area contributed by atoms with E-state index in [1.54, 1.807) is 11.3 Å². The van der Waals surface area contributed by atoms with E-state index >= 15 is 0 Å². The predicted molar refractivity (Wildman–Crippen MR) is 59.3 cm³/mol. The SMILES string of the molecule is BrC1CCN(Cc2nccs2)CC1. The third-order valence-electron chi connectivity index (χ3n) is 2.36. The number of hydrogen-bond acceptors (Lipinski definition) is 3. The highest BCUT2D eigenvalue weighted by Gasteiger charge is 2.17. The van der Waals surface area contributed by atoms with Crippen LogP contribution in [0, 0.1) is 0 Å². The van der Waals surface area contributed by atoms with Crippen molar-refractivity contribution in [2.24, 2.45) is 0 Å². The number of aromatic nitrogens is 1. The maximum absolute atomic E-state index is 4.29. The summed E-state index contributed by atoms with van der Waals surface area (Å²) in [5.41, 5.74) is 0. The van der Waals surface area contributed by atoms with Gasteiger partial charge in [0.25, 0.3) is 0 Å². The van der Waals surface area contributed by atoms with Gasteiger partial charge >= 0.3 is 0 Å². The van der Waals surface area contributed by atoms with Crippen LogP contribution in [-0.2, 0) is 6.54 Å². The van der Waals surface area contributed by atoms with Crippen LogP contribution in [0.15, 0.2) is 11.6 Å². The number of alkyl halides is 1. The Morgan fingerprint density at radius 3 is 2.92 bits per heavy atom. The molecule has 1 aliphatic heterocycles. The van der Waals surface area contributed by atoms with Gasteiger partial charge in [-0.25, -0.2) is 4.98 Å². The summed E-state index contributed by atoms with van der Waals surface area (Å²) in [5, 5.41) is 3.29. The molecule has 72 valence electrons. The summed E-state index contributed by atoms with van der Waals surface area (Å²) in [4.78, 5) is 7.51. The molecule has 0 aliphatic carbocycles. The smallest absolute Gasteiger partial charge is 0.107 e. The van der Waals surface area contributed by atoms with Crippen molar-refractivity contribution in [2.45, 2.75) is 24.2 Å². The van der Waals surface area contributed by atoms with Crippen LogP contribution in [-0.4, -0.2) is 27.8 Å². The average Bonchev–Trinajstić information content (AvgIpc) is 2.62. The minimum absolute atomic E-state index is 0.736. The molecule has 0 radical (unpaired) electrons. The molecular weight excluding hydrogens is 248 g/mol. The number of piperidine rings is 1. The van der Waals surface area contributed by atoms with Crippen molar-refractivity contribution in [3.8, 4) is 0 Å². The number of likely N-dealkylation sites (tertiary alicyclic amines) is 1. The molecule has 0 atom stereocenters. The second-order valence-corrected chi connectivity index (χ2v) is 5.65. The van der Waals surface area contributed by atoms with Gasteiger partial charge in [-0.15, -0.1) is 11.3 Å². The molecule has 1 fully saturated rings. The van der Waals surface area contributed by atoms with E-state index in [0.29, 0.717) is 0 Å². The summed E-state index contributed by atoms with van der Waals surface area (Å²) >= 11 is 5.41. The van der Waals surface area contributed by atoms with Crippen molar-refractivity contribution in [1.29, 1.82) is 0 Å². The topological polar surface area (TPSA) is 16.1 Å². The summed E-state index contributed by atoms with van der Waals surface area (Å²) in [6.45, 7) is 3.45. The van der Waals surface area contributed by atoms with Gasteiger partial charge in [0.15, 0.2) is 0 Å². The minimum Gasteiger partial charge on any atom is -0.297 e. The van der Waals surface area contributed by atoms with Crippen molar-refractivity contribution in [2.75, 3.05) is 13.1 Å². The Bertz CT molecular complexity index is 242. The maximum Gasteiger partial charge on any atom is 0.107 e. The highest BCUT2D eigenvalue weighted by Crippen LogP contribution is 2.19. The Hall–Kier alpha value is 0.0700. The van der Waals surface area contributed by atoms with Crippen LogP contribution in [0.4, 0.5) is 0 Å². The molecule has 1 aliphatic rings. The van der Waals surface area contributed by atoms with E-state index in [0.717, 1.165) is 11.4 Å². The first-order valence-corrected chi connectivity index (χ1v) is 6.39. The molecule has 0 aromatic carbocycles. The van der Waals surface area contributed by atoms with Gasteiger partial charge in [-0.2, -0.15) is 0 Å². The van der Waals surface area contributed by atoms with E-state index < -0.39 is 0 Å². The molecule has 4 heteroatoms. The number of thiazole rings is 1. The van der Waals surface area contributed by atoms with Gasteiger partial charge in [-0.1, -0.05) is 15.9 Å². The third kappa shape index (κ3) is 2.76. The molecule has 13 heavy (non-hydrogen) atoms. The van der Waals surface area contributed by atoms with Gasteiger partial charge in [-0.3, -0.25) is 4.90 Å². The molecule has 0 N–H and O–H groups in total. The Kier molecular flexibility index (Phi) is 3.35. The van der Waals surface area contributed by atoms with Crippen LogP contribution < -0.4 is 0 Å². The fourth-order valence-corrected chi connectivity index (χ4v) is 2.65. The Balaban J connectivity index is 1.83. The van der Waals surface area contributed by atoms with Crippen molar-refractivity contribution in [1.82, 2.24) is 9.88 Å². The Labute approximate surface area is 91.1 Å². The fourth-order valence-electron chi connectivity index (χ4n) is 1.58. The first-order valence-electron chi connectivity index (χ1n) is 4.59. The third-order valence-corrected chi connectivity index (χ3v) is 4.04. The second kappa shape index (κ2) is 4.53. The number of hydrogen-bond donors (Lipinski definition) is 0. The standard InChI is InChI=1S/C9H13BrN2S/c10-8-1-4-12(5-2-8)7-9-11-3-6-13-9/h3,6,8H,1-2,4-5,7H2. The lowest BCUT2D eigenvalue weighted by atomic mass is 10.1. The van der Waals surface area contributed by atoms with Crippen molar-refractivity contribution < 1.29 is 0 Å². The van der Waals surface area contributed by atoms with E-state index in [1.807, 2.05) is 11.6 Å². The molecule has 1 aromatic heterocycles. The first kappa shape index (κ1) is 9.62. The molecule has 2 rings (SSSR count). The van der Waals surface area contributed by atoms with Gasteiger partial charge in [0.05, 0.1) is 6.54 Å². The van der Waals surface area contributed by atoms with E-state index in [-0.39, 0.29) is 0 Å². The predicted octanol–water partition coefficient (Wildman–Crippen LogP) is 2.50. The lowest BCUT2D eigenvalue weighted by Gasteiger charge is -2.28. The van der Waals surface area contributed by atoms with Crippen molar-refractivity contribution in [3.63, 3.8) is 0 Å². The molecule has 0 spiro atoms. The zero-order chi connectivity index (χ0) is 9.10. The monoisotopic (exact) mass is 260 g/mol. The quantitative estimate of drug-likeness (QED) is 0.760. The normalized spacial score (nSPS) is 20.7. The maximum atomic E-state index is 4.29. The van der Waals surface area contributed by atoms with E-state index in [1.165, 1.54) is 30.9 Å². The summed E-state index contributed by atoms with van der Waals surface area (Å²) in [5.74, 6) is 0. The van der Waals surface area contributed by atoms with Gasteiger partial charge in [0.1, 0.15) is 5.01 Å². The Morgan fingerprint density at radius 1 is 1.54 bits per heavy atom. The zero-order valence-corrected chi connectivity index (χ0v) is 9.85. The molecule has 1 saturated heterocycles. The molecule has 2 nitrogen and oxygen atoms in total. The van der Waals surface area contributed by atoms with Crippen LogP contribution in [0.25, 0.3) is 0 Å². The lowest BCUT2D eigenvalue weighted by molar-refractivity contribution is 0.226. The number of nitrogens with zero attached hydrogens (tertiary/aromatic N) is 2. The largest absolute Gasteiger partial charge is 0.297 e. The van der Waals surface area contributed by atoms with Gasteiger partial charge in [-0.05, 0) is 25.9 Å². The number of halogens is 1. The summed E-state index contributed by atoms with van der Waals surface area (Å²) < 4.78 is 0. The molecule has 0 saturated carbocycles. The minimum atomic E-state index is 0.736. The fraction of sp³-hybridized carbons (Fsp3) is 0.667. The molecule has 0 bridgehead atoms. The molecule has 1 aromatic rings. The van der Waals surface area contributed by atoms with Crippen LogP contribution in [0.3, 0.4) is 0 Å². The highest BCUT2D eigenvalue weighted by molar-refractivity contribution is 9.09. The van der Waals surface area contributed by atoms with E-state index in [9.17, 15) is 0 Å². The summed E-state index contributed by atoms with van der Waals surface area (Å²) in [6.07, 6.45) is 4.42. The van der Waals surface area contributed by atoms with E-state index in [2.05, 4.69) is 25.8 Å². The van der Waals surface area contributed by atoms with Crippen LogP contribution in [0.2, 0.25) is 0 Å². The molecule has 0 amide bonds. The van der Waals surface area contributed by atoms with Crippen molar-refractivity contribution >= 4 is 27.3 Å². The van der Waals surface area contributed by atoms with E-state index in [4.69, 9.17) is 0 Å².